The molecule has 0 unspecified atom stereocenters. The molecular formula is C11H11NO2. The van der Waals surface area contributed by atoms with Crippen molar-refractivity contribution in [2.75, 3.05) is 12.8 Å². The van der Waals surface area contributed by atoms with E-state index in [2.05, 4.69) is 0 Å². The van der Waals surface area contributed by atoms with Crippen LogP contribution in [0.3, 0.4) is 0 Å². The second-order valence-corrected chi connectivity index (χ2v) is 3.13. The normalized spacial score (nSPS) is 10.4. The number of benzene rings is 2. The number of ether oxygens (including phenoxy) is 1. The van der Waals surface area contributed by atoms with Crippen molar-refractivity contribution in [1.29, 1.82) is 0 Å². The first kappa shape index (κ1) is 8.69. The summed E-state index contributed by atoms with van der Waals surface area (Å²) in [4.78, 5) is 0. The minimum absolute atomic E-state index is 0.180. The van der Waals surface area contributed by atoms with E-state index < -0.39 is 0 Å². The Hall–Kier alpha value is -1.90. The Labute approximate surface area is 81.7 Å². The third-order valence-electron chi connectivity index (χ3n) is 2.16. The van der Waals surface area contributed by atoms with Crippen LogP contribution in [0.25, 0.3) is 10.8 Å². The Balaban J connectivity index is 2.75. The smallest absolute Gasteiger partial charge is 0.125 e. The maximum atomic E-state index is 9.64. The van der Waals surface area contributed by atoms with Gasteiger partial charge in [-0.3, -0.25) is 0 Å². The number of hydrogen-bond acceptors (Lipinski definition) is 3. The number of hydrogen-bond donors (Lipinski definition) is 2. The summed E-state index contributed by atoms with van der Waals surface area (Å²) in [5, 5.41) is 11.3. The fourth-order valence-electron chi connectivity index (χ4n) is 1.47. The molecule has 3 heteroatoms. The Morgan fingerprint density at radius 3 is 2.71 bits per heavy atom. The van der Waals surface area contributed by atoms with Crippen LogP contribution in [0.1, 0.15) is 0 Å². The van der Waals surface area contributed by atoms with Crippen molar-refractivity contribution >= 4 is 16.5 Å². The van der Waals surface area contributed by atoms with Crippen LogP contribution in [0.5, 0.6) is 11.5 Å². The van der Waals surface area contributed by atoms with Crippen molar-refractivity contribution in [2.45, 2.75) is 0 Å². The Morgan fingerprint density at radius 2 is 2.00 bits per heavy atom. The van der Waals surface area contributed by atoms with Gasteiger partial charge in [0, 0.05) is 17.1 Å². The van der Waals surface area contributed by atoms with Gasteiger partial charge in [-0.05, 0) is 23.6 Å². The highest BCUT2D eigenvalue weighted by molar-refractivity contribution is 5.91. The van der Waals surface area contributed by atoms with Gasteiger partial charge in [-0.2, -0.15) is 0 Å². The van der Waals surface area contributed by atoms with Gasteiger partial charge in [0.05, 0.1) is 7.11 Å². The minimum atomic E-state index is 0.180. The van der Waals surface area contributed by atoms with Gasteiger partial charge in [-0.1, -0.05) is 6.07 Å². The first-order valence-corrected chi connectivity index (χ1v) is 4.27. The molecule has 0 bridgehead atoms. The number of phenolic OH excluding ortho intramolecular Hbond substituents is 1. The van der Waals surface area contributed by atoms with Crippen LogP contribution >= 0.6 is 0 Å². The van der Waals surface area contributed by atoms with E-state index in [0.29, 0.717) is 5.69 Å². The van der Waals surface area contributed by atoms with Crippen LogP contribution in [-0.2, 0) is 0 Å². The Kier molecular flexibility index (Phi) is 1.93. The average molecular weight is 189 g/mol. The number of phenols is 1. The van der Waals surface area contributed by atoms with E-state index in [1.165, 1.54) is 6.07 Å². The lowest BCUT2D eigenvalue weighted by atomic mass is 10.1. The van der Waals surface area contributed by atoms with Gasteiger partial charge in [0.1, 0.15) is 11.5 Å². The van der Waals surface area contributed by atoms with Gasteiger partial charge in [0.2, 0.25) is 0 Å². The standard InChI is InChI=1S/C11H11NO2/c1-14-9-3-2-7-4-8(12)5-11(13)10(7)6-9/h2-6,13H,12H2,1H3. The highest BCUT2D eigenvalue weighted by atomic mass is 16.5. The number of rotatable bonds is 1. The van der Waals surface area contributed by atoms with Gasteiger partial charge in [0.15, 0.2) is 0 Å². The molecule has 0 saturated heterocycles. The molecule has 0 spiro atoms. The van der Waals surface area contributed by atoms with E-state index in [-0.39, 0.29) is 5.75 Å². The third-order valence-corrected chi connectivity index (χ3v) is 2.16. The molecule has 0 amide bonds. The van der Waals surface area contributed by atoms with E-state index in [0.717, 1.165) is 16.5 Å². The summed E-state index contributed by atoms with van der Waals surface area (Å²) in [5.74, 6) is 0.900. The van der Waals surface area contributed by atoms with Gasteiger partial charge >= 0.3 is 0 Å². The summed E-state index contributed by atoms with van der Waals surface area (Å²) in [6, 6.07) is 8.83. The van der Waals surface area contributed by atoms with Crippen molar-refractivity contribution < 1.29 is 9.84 Å². The Bertz CT molecular complexity index is 480. The third kappa shape index (κ3) is 1.33. The molecule has 2 aromatic carbocycles. The molecule has 0 saturated carbocycles. The van der Waals surface area contributed by atoms with Crippen LogP contribution in [0.4, 0.5) is 5.69 Å². The van der Waals surface area contributed by atoms with Gasteiger partial charge in [0.25, 0.3) is 0 Å². The maximum absolute atomic E-state index is 9.64. The summed E-state index contributed by atoms with van der Waals surface area (Å²) < 4.78 is 5.07. The summed E-state index contributed by atoms with van der Waals surface area (Å²) in [5.41, 5.74) is 6.16. The van der Waals surface area contributed by atoms with Gasteiger partial charge in [-0.25, -0.2) is 0 Å². The number of nitrogens with two attached hydrogens (primary N) is 1. The van der Waals surface area contributed by atoms with Crippen LogP contribution < -0.4 is 10.5 Å². The van der Waals surface area contributed by atoms with E-state index in [9.17, 15) is 5.11 Å². The van der Waals surface area contributed by atoms with E-state index >= 15 is 0 Å². The monoisotopic (exact) mass is 189 g/mol. The van der Waals surface area contributed by atoms with Gasteiger partial charge < -0.3 is 15.6 Å². The average Bonchev–Trinajstić information content (AvgIpc) is 2.17. The molecule has 3 nitrogen and oxygen atoms in total. The molecule has 0 radical (unpaired) electrons. The SMILES string of the molecule is COc1ccc2cc(N)cc(O)c2c1. The molecule has 0 aliphatic carbocycles. The fourth-order valence-corrected chi connectivity index (χ4v) is 1.47. The highest BCUT2D eigenvalue weighted by Gasteiger charge is 2.02. The molecule has 14 heavy (non-hydrogen) atoms. The topological polar surface area (TPSA) is 55.5 Å². The van der Waals surface area contributed by atoms with Crippen molar-refractivity contribution in [3.63, 3.8) is 0 Å². The van der Waals surface area contributed by atoms with Crippen LogP contribution in [0.2, 0.25) is 0 Å². The molecule has 0 aliphatic heterocycles. The molecular weight excluding hydrogens is 178 g/mol. The van der Waals surface area contributed by atoms with Crippen molar-refractivity contribution in [2.24, 2.45) is 0 Å². The quantitative estimate of drug-likeness (QED) is 0.676. The molecule has 0 heterocycles. The van der Waals surface area contributed by atoms with E-state index in [4.69, 9.17) is 10.5 Å². The first-order chi connectivity index (χ1) is 6.70. The molecule has 0 atom stereocenters. The molecule has 0 aliphatic rings. The zero-order valence-electron chi connectivity index (χ0n) is 7.82. The van der Waals surface area contributed by atoms with E-state index in [1.54, 1.807) is 13.2 Å². The lowest BCUT2D eigenvalue weighted by molar-refractivity contribution is 0.415. The maximum Gasteiger partial charge on any atom is 0.125 e. The molecule has 72 valence electrons. The van der Waals surface area contributed by atoms with Crippen LogP contribution in [-0.4, -0.2) is 12.2 Å². The minimum Gasteiger partial charge on any atom is -0.507 e. The lowest BCUT2D eigenvalue weighted by Crippen LogP contribution is -1.86. The zero-order valence-corrected chi connectivity index (χ0v) is 7.82. The van der Waals surface area contributed by atoms with Crippen molar-refractivity contribution in [3.8, 4) is 11.5 Å². The lowest BCUT2D eigenvalue weighted by Gasteiger charge is -2.05. The van der Waals surface area contributed by atoms with Crippen LogP contribution in [0, 0.1) is 0 Å². The summed E-state index contributed by atoms with van der Waals surface area (Å²) in [6.45, 7) is 0. The fraction of sp³-hybridized carbons (Fsp3) is 0.0909. The van der Waals surface area contributed by atoms with Gasteiger partial charge in [-0.15, -0.1) is 0 Å². The number of fused-ring (bicyclic) bond motifs is 1. The molecule has 2 rings (SSSR count). The summed E-state index contributed by atoms with van der Waals surface area (Å²) in [7, 11) is 1.59. The molecule has 0 fully saturated rings. The summed E-state index contributed by atoms with van der Waals surface area (Å²) in [6.07, 6.45) is 0. The predicted octanol–water partition coefficient (Wildman–Crippen LogP) is 2.14. The first-order valence-electron chi connectivity index (χ1n) is 4.27. The second-order valence-electron chi connectivity index (χ2n) is 3.13. The Morgan fingerprint density at radius 1 is 1.21 bits per heavy atom. The predicted molar refractivity (Wildman–Crippen MR) is 56.6 cm³/mol. The second kappa shape index (κ2) is 3.10. The summed E-state index contributed by atoms with van der Waals surface area (Å²) >= 11 is 0. The molecule has 3 N–H and O–H groups in total. The molecule has 0 aromatic heterocycles. The van der Waals surface area contributed by atoms with E-state index in [1.807, 2.05) is 18.2 Å². The number of nitrogen functional groups attached to an aromatic ring is 1. The zero-order chi connectivity index (χ0) is 10.1. The van der Waals surface area contributed by atoms with Crippen molar-refractivity contribution in [1.82, 2.24) is 0 Å². The van der Waals surface area contributed by atoms with Crippen LogP contribution in [0.15, 0.2) is 30.3 Å². The molecule has 2 aromatic rings. The number of anilines is 1. The number of aromatic hydroxyl groups is 1. The largest absolute Gasteiger partial charge is 0.507 e. The van der Waals surface area contributed by atoms with Crippen molar-refractivity contribution in [3.05, 3.63) is 30.3 Å². The highest BCUT2D eigenvalue weighted by Crippen LogP contribution is 2.30. The number of methoxy groups -OCH3 is 1.